The van der Waals surface area contributed by atoms with E-state index in [1.54, 1.807) is 0 Å². The van der Waals surface area contributed by atoms with Crippen molar-refractivity contribution in [2.24, 2.45) is 0 Å². The van der Waals surface area contributed by atoms with E-state index in [1.807, 2.05) is 11.0 Å². The van der Waals surface area contributed by atoms with Crippen molar-refractivity contribution < 1.29 is 13.2 Å². The molecular weight excluding hydrogens is 286 g/mol. The lowest BCUT2D eigenvalue weighted by molar-refractivity contribution is 0.102. The fourth-order valence-electron chi connectivity index (χ4n) is 1.94. The van der Waals surface area contributed by atoms with E-state index in [0.29, 0.717) is 23.0 Å². The summed E-state index contributed by atoms with van der Waals surface area (Å²) in [6.45, 7) is 2.05. The second-order valence-corrected chi connectivity index (χ2v) is 7.63. The lowest BCUT2D eigenvalue weighted by Gasteiger charge is -2.27. The number of rotatable bonds is 2. The Labute approximate surface area is 115 Å². The van der Waals surface area contributed by atoms with Crippen LogP contribution in [0.25, 0.3) is 0 Å². The average molecular weight is 299 g/mol. The van der Waals surface area contributed by atoms with Gasteiger partial charge in [0.05, 0.1) is 22.1 Å². The number of carbonyl (C=O) groups excluding carboxylic acids is 1. The van der Waals surface area contributed by atoms with Gasteiger partial charge in [-0.2, -0.15) is 5.26 Å². The van der Waals surface area contributed by atoms with Crippen molar-refractivity contribution in [3.05, 3.63) is 10.4 Å². The molecule has 0 radical (unpaired) electrons. The number of sulfone groups is 1. The zero-order valence-electron chi connectivity index (χ0n) is 10.3. The third-order valence-corrected chi connectivity index (χ3v) is 5.97. The van der Waals surface area contributed by atoms with Gasteiger partial charge in [0.2, 0.25) is 0 Å². The number of anilines is 2. The second-order valence-electron chi connectivity index (χ2n) is 4.33. The van der Waals surface area contributed by atoms with Gasteiger partial charge in [-0.25, -0.2) is 8.42 Å². The van der Waals surface area contributed by atoms with Crippen molar-refractivity contribution in [1.29, 1.82) is 5.26 Å². The topological polar surface area (TPSA) is 104 Å². The van der Waals surface area contributed by atoms with Crippen LogP contribution in [-0.4, -0.2) is 38.8 Å². The summed E-state index contributed by atoms with van der Waals surface area (Å²) in [5, 5.41) is 9.75. The molecule has 1 aromatic heterocycles. The van der Waals surface area contributed by atoms with Gasteiger partial charge < -0.3 is 10.6 Å². The maximum absolute atomic E-state index is 11.4. The molecule has 0 spiro atoms. The van der Waals surface area contributed by atoms with E-state index < -0.39 is 9.84 Å². The van der Waals surface area contributed by atoms with Gasteiger partial charge in [-0.15, -0.1) is 11.3 Å². The molecule has 0 bridgehead atoms. The largest absolute Gasteiger partial charge is 0.396 e. The first-order valence-corrected chi connectivity index (χ1v) is 8.28. The minimum atomic E-state index is -2.98. The van der Waals surface area contributed by atoms with Crippen molar-refractivity contribution in [2.45, 2.75) is 6.92 Å². The summed E-state index contributed by atoms with van der Waals surface area (Å²) in [4.78, 5) is 13.6. The van der Waals surface area contributed by atoms with Gasteiger partial charge in [0.25, 0.3) is 0 Å². The van der Waals surface area contributed by atoms with E-state index in [-0.39, 0.29) is 28.5 Å². The highest BCUT2D eigenvalue weighted by Crippen LogP contribution is 2.38. The van der Waals surface area contributed by atoms with Gasteiger partial charge in [0, 0.05) is 20.0 Å². The molecule has 0 aliphatic carbocycles. The fraction of sp³-hybridized carbons (Fsp3) is 0.455. The van der Waals surface area contributed by atoms with Crippen LogP contribution in [0.15, 0.2) is 0 Å². The molecule has 2 heterocycles. The summed E-state index contributed by atoms with van der Waals surface area (Å²) in [6.07, 6.45) is 0. The van der Waals surface area contributed by atoms with Gasteiger partial charge in [0.1, 0.15) is 16.6 Å². The van der Waals surface area contributed by atoms with E-state index in [1.165, 1.54) is 6.92 Å². The number of nitrogens with two attached hydrogens (primary N) is 1. The number of nitriles is 1. The van der Waals surface area contributed by atoms with E-state index >= 15 is 0 Å². The Morgan fingerprint density at radius 1 is 1.42 bits per heavy atom. The number of ketones is 1. The highest BCUT2D eigenvalue weighted by atomic mass is 32.2. The molecule has 1 aliphatic heterocycles. The first kappa shape index (κ1) is 13.8. The molecule has 0 atom stereocenters. The number of hydrogen-bond donors (Lipinski definition) is 1. The zero-order chi connectivity index (χ0) is 14.2. The monoisotopic (exact) mass is 299 g/mol. The highest BCUT2D eigenvalue weighted by Gasteiger charge is 2.27. The summed E-state index contributed by atoms with van der Waals surface area (Å²) < 4.78 is 22.8. The number of nitrogen functional groups attached to an aromatic ring is 1. The Morgan fingerprint density at radius 3 is 2.47 bits per heavy atom. The molecule has 1 fully saturated rings. The van der Waals surface area contributed by atoms with E-state index in [0.717, 1.165) is 11.3 Å². The fourth-order valence-corrected chi connectivity index (χ4v) is 4.26. The molecule has 0 saturated carbocycles. The maximum Gasteiger partial charge on any atom is 0.171 e. The minimum absolute atomic E-state index is 0.0606. The molecule has 0 unspecified atom stereocenters. The second kappa shape index (κ2) is 4.83. The molecular formula is C11H13N3O3S2. The predicted molar refractivity (Wildman–Crippen MR) is 74.3 cm³/mol. The van der Waals surface area contributed by atoms with E-state index in [2.05, 4.69) is 0 Å². The number of nitrogens with zero attached hydrogens (tertiary/aromatic N) is 2. The molecule has 2 rings (SSSR count). The first-order valence-electron chi connectivity index (χ1n) is 5.64. The number of carbonyl (C=O) groups is 1. The molecule has 1 aliphatic rings. The van der Waals surface area contributed by atoms with Gasteiger partial charge in [-0.05, 0) is 0 Å². The Kier molecular flexibility index (Phi) is 3.52. The summed E-state index contributed by atoms with van der Waals surface area (Å²) in [6, 6.07) is 2.00. The SMILES string of the molecule is CC(=O)c1sc(N2CCS(=O)(=O)CC2)c(C#N)c1N. The number of thiophene rings is 1. The third kappa shape index (κ3) is 2.57. The molecule has 102 valence electrons. The predicted octanol–water partition coefficient (Wildman–Crippen LogP) is 0.639. The van der Waals surface area contributed by atoms with Crippen LogP contribution in [0, 0.1) is 11.3 Å². The minimum Gasteiger partial charge on any atom is -0.396 e. The van der Waals surface area contributed by atoms with Crippen LogP contribution in [0.2, 0.25) is 0 Å². The maximum atomic E-state index is 11.4. The lowest BCUT2D eigenvalue weighted by Crippen LogP contribution is -2.40. The molecule has 6 nitrogen and oxygen atoms in total. The summed E-state index contributed by atoms with van der Waals surface area (Å²) in [7, 11) is -2.98. The zero-order valence-corrected chi connectivity index (χ0v) is 12.0. The van der Waals surface area contributed by atoms with Crippen LogP contribution in [0.4, 0.5) is 10.7 Å². The van der Waals surface area contributed by atoms with Crippen LogP contribution < -0.4 is 10.6 Å². The normalized spacial score (nSPS) is 18.0. The van der Waals surface area contributed by atoms with Gasteiger partial charge in [0.15, 0.2) is 15.6 Å². The van der Waals surface area contributed by atoms with Crippen molar-refractivity contribution in [2.75, 3.05) is 35.2 Å². The van der Waals surface area contributed by atoms with Gasteiger partial charge >= 0.3 is 0 Å². The molecule has 8 heteroatoms. The molecule has 19 heavy (non-hydrogen) atoms. The van der Waals surface area contributed by atoms with Crippen LogP contribution in [-0.2, 0) is 9.84 Å². The van der Waals surface area contributed by atoms with Crippen LogP contribution in [0.5, 0.6) is 0 Å². The summed E-state index contributed by atoms with van der Waals surface area (Å²) in [5.41, 5.74) is 6.27. The molecule has 2 N–H and O–H groups in total. The standard InChI is InChI=1S/C11H13N3O3S2/c1-7(15)10-9(13)8(6-12)11(18-10)14-2-4-19(16,17)5-3-14/h2-5,13H2,1H3. The molecule has 1 saturated heterocycles. The van der Waals surface area contributed by atoms with E-state index in [4.69, 9.17) is 11.0 Å². The lowest BCUT2D eigenvalue weighted by atomic mass is 10.2. The Balaban J connectivity index is 2.39. The summed E-state index contributed by atoms with van der Waals surface area (Å²) in [5.74, 6) is -0.0641. The van der Waals surface area contributed by atoms with E-state index in [9.17, 15) is 13.2 Å². The Morgan fingerprint density at radius 2 is 2.00 bits per heavy atom. The highest BCUT2D eigenvalue weighted by molar-refractivity contribution is 7.91. The van der Waals surface area contributed by atoms with Crippen molar-refractivity contribution in [1.82, 2.24) is 0 Å². The van der Waals surface area contributed by atoms with Crippen LogP contribution in [0.1, 0.15) is 22.2 Å². The van der Waals surface area contributed by atoms with Crippen molar-refractivity contribution in [3.8, 4) is 6.07 Å². The van der Waals surface area contributed by atoms with Crippen LogP contribution in [0.3, 0.4) is 0 Å². The Bertz CT molecular complexity index is 656. The van der Waals surface area contributed by atoms with Crippen LogP contribution >= 0.6 is 11.3 Å². The Hall–Kier alpha value is -1.59. The van der Waals surface area contributed by atoms with Gasteiger partial charge in [-0.1, -0.05) is 0 Å². The third-order valence-electron chi connectivity index (χ3n) is 2.99. The molecule has 0 aromatic carbocycles. The van der Waals surface area contributed by atoms with Crippen molar-refractivity contribution in [3.63, 3.8) is 0 Å². The first-order chi connectivity index (χ1) is 8.85. The number of Topliss-reactive ketones (excluding diaryl/α,β-unsaturated/α-hetero) is 1. The number of hydrogen-bond acceptors (Lipinski definition) is 7. The van der Waals surface area contributed by atoms with Crippen molar-refractivity contribution >= 4 is 37.6 Å². The quantitative estimate of drug-likeness (QED) is 0.804. The van der Waals surface area contributed by atoms with Gasteiger partial charge in [-0.3, -0.25) is 4.79 Å². The molecule has 1 aromatic rings. The summed E-state index contributed by atoms with van der Waals surface area (Å²) >= 11 is 1.16. The average Bonchev–Trinajstić information content (AvgIpc) is 2.66. The molecule has 0 amide bonds. The smallest absolute Gasteiger partial charge is 0.171 e.